The zero-order valence-corrected chi connectivity index (χ0v) is 12.5. The lowest BCUT2D eigenvalue weighted by Crippen LogP contribution is -1.99. The second-order valence-corrected chi connectivity index (χ2v) is 5.75. The molecule has 0 aliphatic carbocycles. The van der Waals surface area contributed by atoms with E-state index < -0.39 is 4.92 Å². The summed E-state index contributed by atoms with van der Waals surface area (Å²) in [4.78, 5) is 10.4. The average molecular weight is 319 g/mol. The third kappa shape index (κ3) is 3.97. The summed E-state index contributed by atoms with van der Waals surface area (Å²) >= 11 is 6.95. The number of hydrogen-bond donors (Lipinski definition) is 0. The van der Waals surface area contributed by atoms with E-state index in [0.717, 1.165) is 22.9 Å². The van der Waals surface area contributed by atoms with Gasteiger partial charge in [-0.3, -0.25) is 10.1 Å². The van der Waals surface area contributed by atoms with Crippen LogP contribution in [0.2, 0.25) is 5.02 Å². The van der Waals surface area contributed by atoms with Gasteiger partial charge in [-0.2, -0.15) is 5.26 Å². The number of nitro groups is 1. The van der Waals surface area contributed by atoms with Crippen LogP contribution in [0.15, 0.2) is 48.5 Å². The van der Waals surface area contributed by atoms with Crippen LogP contribution in [0.3, 0.4) is 0 Å². The highest BCUT2D eigenvalue weighted by molar-refractivity contribution is 8.03. The van der Waals surface area contributed by atoms with Crippen molar-refractivity contribution in [2.24, 2.45) is 0 Å². The fraction of sp³-hybridized carbons (Fsp3) is 0.133. The van der Waals surface area contributed by atoms with Crippen LogP contribution < -0.4 is 0 Å². The van der Waals surface area contributed by atoms with Gasteiger partial charge in [0.1, 0.15) is 10.4 Å². The summed E-state index contributed by atoms with van der Waals surface area (Å²) in [6, 6.07) is 14.4. The number of nitriles is 1. The molecule has 0 amide bonds. The van der Waals surface area contributed by atoms with E-state index in [2.05, 4.69) is 5.40 Å². The quantitative estimate of drug-likeness (QED) is 0.453. The third-order valence-corrected chi connectivity index (χ3v) is 4.14. The number of hydrogen-bond acceptors (Lipinski definition) is 4. The Kier molecular flexibility index (Phi) is 5.20. The molecule has 0 aliphatic heterocycles. The van der Waals surface area contributed by atoms with Crippen LogP contribution in [-0.4, -0.2) is 4.92 Å². The highest BCUT2D eigenvalue weighted by atomic mass is 35.5. The van der Waals surface area contributed by atoms with Gasteiger partial charge < -0.3 is 0 Å². The Labute approximate surface area is 131 Å². The number of nitro benzene ring substituents is 1. The molecule has 0 fully saturated rings. The van der Waals surface area contributed by atoms with Gasteiger partial charge in [0.15, 0.2) is 0 Å². The van der Waals surface area contributed by atoms with Crippen LogP contribution in [-0.2, 0) is 6.42 Å². The number of halogens is 1. The molecule has 1 atom stereocenters. The SMILES string of the molecule is N#CSC(Cc1ccc(Cl)c([N+](=O)[O-])c1)c1ccccc1. The van der Waals surface area contributed by atoms with E-state index in [1.54, 1.807) is 6.07 Å². The average Bonchev–Trinajstić information content (AvgIpc) is 2.49. The van der Waals surface area contributed by atoms with E-state index in [0.29, 0.717) is 6.42 Å². The fourth-order valence-corrected chi connectivity index (χ4v) is 2.88. The first kappa shape index (κ1) is 15.4. The van der Waals surface area contributed by atoms with E-state index in [1.165, 1.54) is 12.1 Å². The molecule has 4 nitrogen and oxygen atoms in total. The van der Waals surface area contributed by atoms with E-state index in [4.69, 9.17) is 16.9 Å². The third-order valence-electron chi connectivity index (χ3n) is 2.99. The minimum atomic E-state index is -0.499. The van der Waals surface area contributed by atoms with E-state index in [9.17, 15) is 10.1 Å². The van der Waals surface area contributed by atoms with Gasteiger partial charge in [-0.25, -0.2) is 0 Å². The van der Waals surface area contributed by atoms with Crippen molar-refractivity contribution in [1.82, 2.24) is 0 Å². The predicted molar refractivity (Wildman–Crippen MR) is 84.2 cm³/mol. The molecule has 0 saturated carbocycles. The first-order valence-electron chi connectivity index (χ1n) is 6.14. The standard InChI is InChI=1S/C15H11ClN2O2S/c16-13-7-6-11(8-14(13)18(19)20)9-15(21-10-17)12-4-2-1-3-5-12/h1-8,15H,9H2. The van der Waals surface area contributed by atoms with Gasteiger partial charge in [-0.05, 0) is 35.4 Å². The first-order chi connectivity index (χ1) is 10.1. The Morgan fingerprint density at radius 2 is 2.00 bits per heavy atom. The van der Waals surface area contributed by atoms with E-state index >= 15 is 0 Å². The maximum Gasteiger partial charge on any atom is 0.288 e. The number of thiocyanates is 1. The zero-order chi connectivity index (χ0) is 15.2. The van der Waals surface area contributed by atoms with Gasteiger partial charge in [0.2, 0.25) is 0 Å². The van der Waals surface area contributed by atoms with Gasteiger partial charge >= 0.3 is 0 Å². The van der Waals surface area contributed by atoms with Crippen LogP contribution in [0.4, 0.5) is 5.69 Å². The normalized spacial score (nSPS) is 11.6. The zero-order valence-electron chi connectivity index (χ0n) is 10.9. The molecular formula is C15H11ClN2O2S. The van der Waals surface area contributed by atoms with Crippen LogP contribution >= 0.6 is 23.4 Å². The molecule has 0 N–H and O–H groups in total. The molecular weight excluding hydrogens is 308 g/mol. The van der Waals surface area contributed by atoms with Crippen LogP contribution in [0.1, 0.15) is 16.4 Å². The topological polar surface area (TPSA) is 66.9 Å². The summed E-state index contributed by atoms with van der Waals surface area (Å²) < 4.78 is 0. The number of thioether (sulfide) groups is 1. The highest BCUT2D eigenvalue weighted by Crippen LogP contribution is 2.33. The summed E-state index contributed by atoms with van der Waals surface area (Å²) in [5, 5.41) is 22.0. The molecule has 106 valence electrons. The van der Waals surface area contributed by atoms with Gasteiger partial charge in [0.25, 0.3) is 5.69 Å². The number of nitrogens with zero attached hydrogens (tertiary/aromatic N) is 2. The van der Waals surface area contributed by atoms with Crippen molar-refractivity contribution >= 4 is 29.1 Å². The lowest BCUT2D eigenvalue weighted by Gasteiger charge is -2.13. The summed E-state index contributed by atoms with van der Waals surface area (Å²) in [6.45, 7) is 0. The number of benzene rings is 2. The van der Waals surface area contributed by atoms with Gasteiger partial charge in [-0.15, -0.1) is 0 Å². The Bertz CT molecular complexity index is 686. The fourth-order valence-electron chi connectivity index (χ4n) is 2.00. The smallest absolute Gasteiger partial charge is 0.258 e. The monoisotopic (exact) mass is 318 g/mol. The summed E-state index contributed by atoms with van der Waals surface area (Å²) in [6.07, 6.45) is 0.528. The molecule has 6 heteroatoms. The molecule has 2 aromatic carbocycles. The minimum absolute atomic E-state index is 0.0722. The minimum Gasteiger partial charge on any atom is -0.258 e. The predicted octanol–water partition coefficient (Wildman–Crippen LogP) is 4.75. The van der Waals surface area contributed by atoms with E-state index in [-0.39, 0.29) is 16.0 Å². The Balaban J connectivity index is 2.28. The van der Waals surface area contributed by atoms with Gasteiger partial charge in [0.05, 0.1) is 4.92 Å². The second-order valence-electron chi connectivity index (χ2n) is 4.36. The molecule has 0 bridgehead atoms. The van der Waals surface area contributed by atoms with Crippen LogP contribution in [0, 0.1) is 20.8 Å². The van der Waals surface area contributed by atoms with E-state index in [1.807, 2.05) is 30.3 Å². The summed E-state index contributed by atoms with van der Waals surface area (Å²) in [5.41, 5.74) is 1.69. The Morgan fingerprint density at radius 1 is 1.29 bits per heavy atom. The van der Waals surface area contributed by atoms with Crippen molar-refractivity contribution in [3.05, 3.63) is 74.8 Å². The van der Waals surface area contributed by atoms with Crippen molar-refractivity contribution in [3.63, 3.8) is 0 Å². The van der Waals surface area contributed by atoms with Crippen molar-refractivity contribution in [2.45, 2.75) is 11.7 Å². The molecule has 0 saturated heterocycles. The van der Waals surface area contributed by atoms with Crippen molar-refractivity contribution in [1.29, 1.82) is 5.26 Å². The largest absolute Gasteiger partial charge is 0.288 e. The van der Waals surface area contributed by atoms with Crippen molar-refractivity contribution in [2.75, 3.05) is 0 Å². The molecule has 1 unspecified atom stereocenters. The molecule has 0 radical (unpaired) electrons. The molecule has 0 aromatic heterocycles. The molecule has 0 heterocycles. The van der Waals surface area contributed by atoms with Crippen molar-refractivity contribution < 1.29 is 4.92 Å². The lowest BCUT2D eigenvalue weighted by atomic mass is 10.0. The summed E-state index contributed by atoms with van der Waals surface area (Å²) in [7, 11) is 0. The molecule has 21 heavy (non-hydrogen) atoms. The first-order valence-corrected chi connectivity index (χ1v) is 7.40. The van der Waals surface area contributed by atoms with Crippen LogP contribution in [0.25, 0.3) is 0 Å². The maximum atomic E-state index is 10.9. The maximum absolute atomic E-state index is 10.9. The second kappa shape index (κ2) is 7.11. The molecule has 2 rings (SSSR count). The lowest BCUT2D eigenvalue weighted by molar-refractivity contribution is -0.384. The number of rotatable bonds is 5. The summed E-state index contributed by atoms with van der Waals surface area (Å²) in [5.74, 6) is 0. The van der Waals surface area contributed by atoms with Gasteiger partial charge in [0, 0.05) is 11.3 Å². The van der Waals surface area contributed by atoms with Crippen LogP contribution in [0.5, 0.6) is 0 Å². The van der Waals surface area contributed by atoms with Crippen molar-refractivity contribution in [3.8, 4) is 5.40 Å². The van der Waals surface area contributed by atoms with Gasteiger partial charge in [-0.1, -0.05) is 48.0 Å². The molecule has 0 spiro atoms. The Morgan fingerprint density at radius 3 is 2.62 bits per heavy atom. The highest BCUT2D eigenvalue weighted by Gasteiger charge is 2.17. The molecule has 2 aromatic rings. The molecule has 0 aliphatic rings. The Hall–Kier alpha value is -2.03.